The summed E-state index contributed by atoms with van der Waals surface area (Å²) in [5, 5.41) is 0. The maximum atomic E-state index is 5.70. The molecule has 0 spiro atoms. The van der Waals surface area contributed by atoms with Crippen molar-refractivity contribution < 1.29 is 0 Å². The van der Waals surface area contributed by atoms with Crippen LogP contribution >= 0.6 is 0 Å². The lowest BCUT2D eigenvalue weighted by atomic mass is 10.2. The highest BCUT2D eigenvalue weighted by Crippen LogP contribution is 2.19. The smallest absolute Gasteiger partial charge is 0.116 e. The van der Waals surface area contributed by atoms with Gasteiger partial charge in [-0.1, -0.05) is 0 Å². The molecule has 2 aromatic rings. The van der Waals surface area contributed by atoms with E-state index >= 15 is 0 Å². The first-order valence-electron chi connectivity index (χ1n) is 3.84. The summed E-state index contributed by atoms with van der Waals surface area (Å²) in [6.45, 7) is 0. The van der Waals surface area contributed by atoms with Gasteiger partial charge in [0, 0.05) is 18.0 Å². The normalized spacial score (nSPS) is 9.85. The average Bonchev–Trinajstić information content (AvgIpc) is 2.20. The fraction of sp³-hybridized carbons (Fsp3) is 0. The molecular weight excluding hydrogens is 164 g/mol. The van der Waals surface area contributed by atoms with Crippen molar-refractivity contribution in [3.63, 3.8) is 0 Å². The van der Waals surface area contributed by atoms with Crippen LogP contribution in [0, 0.1) is 0 Å². The molecule has 0 aliphatic heterocycles. The molecule has 2 rings (SSSR count). The molecule has 0 fully saturated rings. The Labute approximate surface area is 75.5 Å². The van der Waals surface area contributed by atoms with E-state index in [9.17, 15) is 0 Å². The van der Waals surface area contributed by atoms with Crippen LogP contribution in [0.1, 0.15) is 0 Å². The topological polar surface area (TPSA) is 64.7 Å². The summed E-state index contributed by atoms with van der Waals surface area (Å²) < 4.78 is 0. The van der Waals surface area contributed by atoms with Crippen LogP contribution in [0.2, 0.25) is 0 Å². The van der Waals surface area contributed by atoms with Crippen molar-refractivity contribution in [1.29, 1.82) is 0 Å². The fourth-order valence-corrected chi connectivity index (χ4v) is 1.08. The van der Waals surface area contributed by atoms with Crippen LogP contribution in [-0.4, -0.2) is 15.0 Å². The SMILES string of the molecule is Nc1cncnc1-c1cccnc1. The molecule has 64 valence electrons. The molecule has 0 bridgehead atoms. The molecule has 2 aromatic heterocycles. The number of rotatable bonds is 1. The number of hydrogen-bond donors (Lipinski definition) is 1. The van der Waals surface area contributed by atoms with Gasteiger partial charge in [0.15, 0.2) is 0 Å². The van der Waals surface area contributed by atoms with E-state index in [0.717, 1.165) is 11.3 Å². The molecule has 4 nitrogen and oxygen atoms in total. The molecule has 0 saturated carbocycles. The summed E-state index contributed by atoms with van der Waals surface area (Å²) in [7, 11) is 0. The van der Waals surface area contributed by atoms with Gasteiger partial charge in [-0.25, -0.2) is 9.97 Å². The van der Waals surface area contributed by atoms with E-state index in [-0.39, 0.29) is 0 Å². The highest BCUT2D eigenvalue weighted by molar-refractivity contribution is 5.70. The molecule has 2 N–H and O–H groups in total. The first kappa shape index (κ1) is 7.67. The molecule has 0 amide bonds. The van der Waals surface area contributed by atoms with E-state index in [1.165, 1.54) is 6.33 Å². The van der Waals surface area contributed by atoms with E-state index in [1.54, 1.807) is 18.6 Å². The first-order valence-corrected chi connectivity index (χ1v) is 3.84. The maximum Gasteiger partial charge on any atom is 0.116 e. The quantitative estimate of drug-likeness (QED) is 0.700. The number of nitrogen functional groups attached to an aromatic ring is 1. The van der Waals surface area contributed by atoms with Crippen LogP contribution in [0.25, 0.3) is 11.3 Å². The second-order valence-electron chi connectivity index (χ2n) is 2.57. The second kappa shape index (κ2) is 3.18. The van der Waals surface area contributed by atoms with E-state index in [4.69, 9.17) is 5.73 Å². The third kappa shape index (κ3) is 1.46. The predicted molar refractivity (Wildman–Crippen MR) is 49.7 cm³/mol. The van der Waals surface area contributed by atoms with Crippen LogP contribution in [0.5, 0.6) is 0 Å². The number of nitrogens with two attached hydrogens (primary N) is 1. The Balaban J connectivity index is 2.54. The second-order valence-corrected chi connectivity index (χ2v) is 2.57. The van der Waals surface area contributed by atoms with Gasteiger partial charge in [-0.05, 0) is 12.1 Å². The summed E-state index contributed by atoms with van der Waals surface area (Å²) in [4.78, 5) is 11.9. The minimum absolute atomic E-state index is 0.565. The highest BCUT2D eigenvalue weighted by atomic mass is 14.9. The van der Waals surface area contributed by atoms with Crippen LogP contribution in [-0.2, 0) is 0 Å². The number of hydrogen-bond acceptors (Lipinski definition) is 4. The predicted octanol–water partition coefficient (Wildman–Crippen LogP) is 1.12. The third-order valence-corrected chi connectivity index (χ3v) is 1.68. The first-order chi connectivity index (χ1) is 6.38. The largest absolute Gasteiger partial charge is 0.396 e. The Bertz CT molecular complexity index is 399. The minimum atomic E-state index is 0.565. The average molecular weight is 172 g/mol. The molecule has 0 aliphatic carbocycles. The zero-order chi connectivity index (χ0) is 9.10. The van der Waals surface area contributed by atoms with Crippen LogP contribution in [0.4, 0.5) is 5.69 Å². The van der Waals surface area contributed by atoms with E-state index in [0.29, 0.717) is 5.69 Å². The summed E-state index contributed by atoms with van der Waals surface area (Å²) in [5.74, 6) is 0. The number of nitrogens with zero attached hydrogens (tertiary/aromatic N) is 3. The van der Waals surface area contributed by atoms with E-state index < -0.39 is 0 Å². The summed E-state index contributed by atoms with van der Waals surface area (Å²) in [5.41, 5.74) is 7.90. The minimum Gasteiger partial charge on any atom is -0.396 e. The van der Waals surface area contributed by atoms with Gasteiger partial charge in [-0.3, -0.25) is 4.98 Å². The number of anilines is 1. The van der Waals surface area contributed by atoms with Gasteiger partial charge in [0.2, 0.25) is 0 Å². The van der Waals surface area contributed by atoms with Crippen molar-refractivity contribution in [2.75, 3.05) is 5.73 Å². The van der Waals surface area contributed by atoms with Gasteiger partial charge in [0.25, 0.3) is 0 Å². The van der Waals surface area contributed by atoms with Gasteiger partial charge in [0.05, 0.1) is 17.6 Å². The van der Waals surface area contributed by atoms with Gasteiger partial charge >= 0.3 is 0 Å². The van der Waals surface area contributed by atoms with Gasteiger partial charge in [0.1, 0.15) is 6.33 Å². The molecule has 0 aromatic carbocycles. The van der Waals surface area contributed by atoms with Crippen LogP contribution in [0.3, 0.4) is 0 Å². The van der Waals surface area contributed by atoms with Gasteiger partial charge in [-0.2, -0.15) is 0 Å². The van der Waals surface area contributed by atoms with E-state index in [1.807, 2.05) is 12.1 Å². The molecule has 4 heteroatoms. The Morgan fingerprint density at radius 1 is 1.15 bits per heavy atom. The van der Waals surface area contributed by atoms with Crippen molar-refractivity contribution >= 4 is 5.69 Å². The summed E-state index contributed by atoms with van der Waals surface area (Å²) in [6.07, 6.45) is 6.48. The molecule has 13 heavy (non-hydrogen) atoms. The van der Waals surface area contributed by atoms with Gasteiger partial charge < -0.3 is 5.73 Å². The standard InChI is InChI=1S/C9H8N4/c10-8-5-12-6-13-9(8)7-2-1-3-11-4-7/h1-6H,10H2. The maximum absolute atomic E-state index is 5.70. The van der Waals surface area contributed by atoms with Crippen molar-refractivity contribution in [3.8, 4) is 11.3 Å². The van der Waals surface area contributed by atoms with Crippen molar-refractivity contribution in [1.82, 2.24) is 15.0 Å². The Kier molecular flexibility index (Phi) is 1.88. The Hall–Kier alpha value is -1.97. The van der Waals surface area contributed by atoms with E-state index in [2.05, 4.69) is 15.0 Å². The lowest BCUT2D eigenvalue weighted by Gasteiger charge is -2.01. The van der Waals surface area contributed by atoms with Crippen molar-refractivity contribution in [2.45, 2.75) is 0 Å². The molecule has 0 unspecified atom stereocenters. The van der Waals surface area contributed by atoms with Crippen LogP contribution < -0.4 is 5.73 Å². The zero-order valence-electron chi connectivity index (χ0n) is 6.88. The van der Waals surface area contributed by atoms with Gasteiger partial charge in [-0.15, -0.1) is 0 Å². The number of pyridine rings is 1. The zero-order valence-corrected chi connectivity index (χ0v) is 6.88. The molecular formula is C9H8N4. The fourth-order valence-electron chi connectivity index (χ4n) is 1.08. The molecule has 0 aliphatic rings. The summed E-state index contributed by atoms with van der Waals surface area (Å²) >= 11 is 0. The van der Waals surface area contributed by atoms with Crippen molar-refractivity contribution in [3.05, 3.63) is 37.1 Å². The molecule has 2 heterocycles. The lowest BCUT2D eigenvalue weighted by Crippen LogP contribution is -1.94. The molecule has 0 atom stereocenters. The monoisotopic (exact) mass is 172 g/mol. The number of aromatic nitrogens is 3. The highest BCUT2D eigenvalue weighted by Gasteiger charge is 2.02. The lowest BCUT2D eigenvalue weighted by molar-refractivity contribution is 1.17. The Morgan fingerprint density at radius 3 is 2.77 bits per heavy atom. The molecule has 0 saturated heterocycles. The summed E-state index contributed by atoms with van der Waals surface area (Å²) in [6, 6.07) is 3.75. The van der Waals surface area contributed by atoms with Crippen LogP contribution in [0.15, 0.2) is 37.1 Å². The molecule has 0 radical (unpaired) electrons. The third-order valence-electron chi connectivity index (χ3n) is 1.68. The van der Waals surface area contributed by atoms with Crippen molar-refractivity contribution in [2.24, 2.45) is 0 Å². The Morgan fingerprint density at radius 2 is 2.08 bits per heavy atom.